The van der Waals surface area contributed by atoms with Crippen LogP contribution in [-0.2, 0) is 9.59 Å². The fourth-order valence-corrected chi connectivity index (χ4v) is 3.64. The van der Waals surface area contributed by atoms with Crippen LogP contribution in [0, 0.1) is 5.41 Å². The normalized spacial score (nSPS) is 27.9. The molecular weight excluding hydrogens is 290 g/mol. The van der Waals surface area contributed by atoms with Crippen molar-refractivity contribution in [1.29, 1.82) is 0 Å². The summed E-state index contributed by atoms with van der Waals surface area (Å²) in [6.07, 6.45) is -0.0362. The van der Waals surface area contributed by atoms with Gasteiger partial charge in [-0.1, -0.05) is 12.1 Å². The second-order valence-electron chi connectivity index (χ2n) is 5.74. The zero-order valence-corrected chi connectivity index (χ0v) is 12.6. The molecule has 1 N–H and O–H groups in total. The van der Waals surface area contributed by atoms with Gasteiger partial charge in [-0.2, -0.15) is 0 Å². The molecule has 2 aliphatic rings. The Morgan fingerprint density at radius 1 is 1.43 bits per heavy atom. The minimum absolute atomic E-state index is 0.109. The summed E-state index contributed by atoms with van der Waals surface area (Å²) < 4.78 is 5.78. The molecule has 1 fully saturated rings. The zero-order chi connectivity index (χ0) is 15.0. The van der Waals surface area contributed by atoms with Crippen molar-refractivity contribution in [3.8, 4) is 5.75 Å². The summed E-state index contributed by atoms with van der Waals surface area (Å²) in [5.74, 6) is 0.340. The van der Waals surface area contributed by atoms with Gasteiger partial charge in [0.2, 0.25) is 0 Å². The Kier molecular flexibility index (Phi) is 3.57. The fourth-order valence-electron chi connectivity index (χ4n) is 2.67. The van der Waals surface area contributed by atoms with Gasteiger partial charge in [0.15, 0.2) is 6.10 Å². The van der Waals surface area contributed by atoms with E-state index < -0.39 is 17.5 Å². The van der Waals surface area contributed by atoms with Crippen LogP contribution in [0.4, 0.5) is 0 Å². The minimum atomic E-state index is -0.845. The van der Waals surface area contributed by atoms with Crippen LogP contribution < -0.4 is 4.74 Å². The van der Waals surface area contributed by atoms with Crippen LogP contribution in [0.15, 0.2) is 29.2 Å². The number of rotatable bonds is 2. The number of benzene rings is 1. The topological polar surface area (TPSA) is 66.8 Å². The number of carboxylic acids is 1. The van der Waals surface area contributed by atoms with Crippen LogP contribution in [0.5, 0.6) is 5.75 Å². The van der Waals surface area contributed by atoms with E-state index in [9.17, 15) is 14.7 Å². The number of hydrogen-bond acceptors (Lipinski definition) is 4. The third-order valence-corrected chi connectivity index (χ3v) is 5.20. The van der Waals surface area contributed by atoms with Gasteiger partial charge in [-0.05, 0) is 25.5 Å². The van der Waals surface area contributed by atoms with Crippen molar-refractivity contribution < 1.29 is 19.4 Å². The summed E-state index contributed by atoms with van der Waals surface area (Å²) in [5.41, 5.74) is -0.838. The highest BCUT2D eigenvalue weighted by molar-refractivity contribution is 7.99. The highest BCUT2D eigenvalue weighted by Crippen LogP contribution is 2.36. The van der Waals surface area contributed by atoms with Crippen LogP contribution in [0.1, 0.15) is 13.3 Å². The highest BCUT2D eigenvalue weighted by atomic mass is 32.2. The smallest absolute Gasteiger partial charge is 0.311 e. The van der Waals surface area contributed by atoms with Crippen molar-refractivity contribution in [2.24, 2.45) is 5.41 Å². The largest absolute Gasteiger partial charge is 0.481 e. The summed E-state index contributed by atoms with van der Waals surface area (Å²) in [7, 11) is 0. The second-order valence-corrected chi connectivity index (χ2v) is 6.80. The maximum absolute atomic E-state index is 12.5. The van der Waals surface area contributed by atoms with E-state index in [-0.39, 0.29) is 12.5 Å². The molecule has 5 nitrogen and oxygen atoms in total. The Labute approximate surface area is 127 Å². The van der Waals surface area contributed by atoms with Crippen molar-refractivity contribution >= 4 is 23.6 Å². The predicted octanol–water partition coefficient (Wildman–Crippen LogP) is 1.86. The summed E-state index contributed by atoms with van der Waals surface area (Å²) >= 11 is 1.60. The van der Waals surface area contributed by atoms with Crippen molar-refractivity contribution in [1.82, 2.24) is 4.90 Å². The molecular formula is C15H17NO4S. The van der Waals surface area contributed by atoms with Crippen molar-refractivity contribution in [3.05, 3.63) is 24.3 Å². The number of ether oxygens (including phenoxy) is 1. The van der Waals surface area contributed by atoms with Crippen LogP contribution >= 0.6 is 11.8 Å². The van der Waals surface area contributed by atoms with Gasteiger partial charge in [0.25, 0.3) is 5.91 Å². The van der Waals surface area contributed by atoms with E-state index in [0.29, 0.717) is 18.7 Å². The van der Waals surface area contributed by atoms with E-state index in [1.807, 2.05) is 24.3 Å². The van der Waals surface area contributed by atoms with E-state index in [4.69, 9.17) is 4.74 Å². The maximum Gasteiger partial charge on any atom is 0.311 e. The van der Waals surface area contributed by atoms with E-state index in [2.05, 4.69) is 0 Å². The molecule has 1 aromatic rings. The zero-order valence-electron chi connectivity index (χ0n) is 11.7. The van der Waals surface area contributed by atoms with Crippen molar-refractivity contribution in [2.75, 3.05) is 18.8 Å². The number of thioether (sulfide) groups is 1. The minimum Gasteiger partial charge on any atom is -0.481 e. The van der Waals surface area contributed by atoms with Crippen LogP contribution in [0.25, 0.3) is 0 Å². The molecule has 112 valence electrons. The van der Waals surface area contributed by atoms with Gasteiger partial charge in [0.1, 0.15) is 5.75 Å². The van der Waals surface area contributed by atoms with E-state index >= 15 is 0 Å². The molecule has 2 atom stereocenters. The molecule has 3 rings (SSSR count). The number of amides is 1. The SMILES string of the molecule is C[C@@]1(C(=O)O)CCN(C(=O)[C@@H]2CSc3ccccc3O2)C1. The Morgan fingerprint density at radius 3 is 2.90 bits per heavy atom. The summed E-state index contributed by atoms with van der Waals surface area (Å²) in [4.78, 5) is 26.4. The molecule has 0 aliphatic carbocycles. The molecule has 0 radical (unpaired) electrons. The number of hydrogen-bond donors (Lipinski definition) is 1. The molecule has 0 aromatic heterocycles. The lowest BCUT2D eigenvalue weighted by Gasteiger charge is -2.28. The fraction of sp³-hybridized carbons (Fsp3) is 0.467. The number of aliphatic carboxylic acids is 1. The van der Waals surface area contributed by atoms with Gasteiger partial charge in [0.05, 0.1) is 5.41 Å². The lowest BCUT2D eigenvalue weighted by Crippen LogP contribution is -2.44. The van der Waals surface area contributed by atoms with E-state index in [1.54, 1.807) is 23.6 Å². The number of nitrogens with zero attached hydrogens (tertiary/aromatic N) is 1. The molecule has 0 spiro atoms. The second kappa shape index (κ2) is 5.26. The lowest BCUT2D eigenvalue weighted by molar-refractivity contribution is -0.147. The first-order valence-corrected chi connectivity index (χ1v) is 7.89. The van der Waals surface area contributed by atoms with Gasteiger partial charge in [-0.25, -0.2) is 0 Å². The first-order valence-electron chi connectivity index (χ1n) is 6.90. The number of carbonyl (C=O) groups is 2. The Morgan fingerprint density at radius 2 is 2.19 bits per heavy atom. The first kappa shape index (κ1) is 14.3. The number of fused-ring (bicyclic) bond motifs is 1. The lowest BCUT2D eigenvalue weighted by atomic mass is 9.90. The summed E-state index contributed by atoms with van der Waals surface area (Å²) in [6, 6.07) is 7.64. The Balaban J connectivity index is 1.69. The first-order chi connectivity index (χ1) is 9.99. The third-order valence-electron chi connectivity index (χ3n) is 4.09. The summed E-state index contributed by atoms with van der Waals surface area (Å²) in [5, 5.41) is 9.24. The van der Waals surface area contributed by atoms with Crippen molar-refractivity contribution in [2.45, 2.75) is 24.3 Å². The van der Waals surface area contributed by atoms with Gasteiger partial charge in [0, 0.05) is 23.7 Å². The quantitative estimate of drug-likeness (QED) is 0.903. The van der Waals surface area contributed by atoms with E-state index in [0.717, 1.165) is 10.6 Å². The maximum atomic E-state index is 12.5. The number of carboxylic acid groups (broad SMARTS) is 1. The molecule has 0 unspecified atom stereocenters. The molecule has 1 saturated heterocycles. The summed E-state index contributed by atoms with van der Waals surface area (Å²) in [6.45, 7) is 2.43. The number of carbonyl (C=O) groups excluding carboxylic acids is 1. The Bertz CT molecular complexity index is 591. The Hall–Kier alpha value is -1.69. The van der Waals surface area contributed by atoms with Gasteiger partial charge < -0.3 is 14.7 Å². The predicted molar refractivity (Wildman–Crippen MR) is 78.5 cm³/mol. The molecule has 0 saturated carbocycles. The average molecular weight is 307 g/mol. The van der Waals surface area contributed by atoms with E-state index in [1.165, 1.54) is 0 Å². The number of likely N-dealkylation sites (tertiary alicyclic amines) is 1. The molecule has 1 amide bonds. The monoisotopic (exact) mass is 307 g/mol. The molecule has 6 heteroatoms. The number of para-hydroxylation sites is 1. The van der Waals surface area contributed by atoms with Gasteiger partial charge in [-0.15, -0.1) is 11.8 Å². The molecule has 21 heavy (non-hydrogen) atoms. The molecule has 2 aliphatic heterocycles. The molecule has 1 aromatic carbocycles. The van der Waals surface area contributed by atoms with Crippen LogP contribution in [0.3, 0.4) is 0 Å². The molecule has 0 bridgehead atoms. The van der Waals surface area contributed by atoms with Crippen LogP contribution in [0.2, 0.25) is 0 Å². The van der Waals surface area contributed by atoms with Crippen molar-refractivity contribution in [3.63, 3.8) is 0 Å². The highest BCUT2D eigenvalue weighted by Gasteiger charge is 2.44. The van der Waals surface area contributed by atoms with Gasteiger partial charge in [-0.3, -0.25) is 9.59 Å². The standard InChI is InChI=1S/C15H17NO4S/c1-15(14(18)19)6-7-16(9-15)13(17)11-8-21-12-5-3-2-4-10(12)20-11/h2-5,11H,6-9H2,1H3,(H,18,19)/t11-,15+/m0/s1. The van der Waals surface area contributed by atoms with Crippen LogP contribution in [-0.4, -0.2) is 46.8 Å². The third kappa shape index (κ3) is 2.60. The van der Waals surface area contributed by atoms with Gasteiger partial charge >= 0.3 is 5.97 Å². The average Bonchev–Trinajstić information content (AvgIpc) is 2.90. The molecule has 2 heterocycles.